The molecule has 0 bridgehead atoms. The van der Waals surface area contributed by atoms with Gasteiger partial charge in [-0.25, -0.2) is 4.98 Å². The van der Waals surface area contributed by atoms with Gasteiger partial charge in [-0.1, -0.05) is 46.3 Å². The number of halogens is 1. The molecule has 0 amide bonds. The van der Waals surface area contributed by atoms with E-state index >= 15 is 0 Å². The lowest BCUT2D eigenvalue weighted by atomic mass is 10.1. The molecule has 6 heteroatoms. The second kappa shape index (κ2) is 6.97. The molecule has 0 saturated carbocycles. The van der Waals surface area contributed by atoms with Crippen molar-refractivity contribution in [3.63, 3.8) is 0 Å². The standard InChI is InChI=1S/C23H18BrN3OS/c1-13-14(2)29-23-20(13)22(28)25-21(26-23)18-12-27(19-6-4-3-5-17(18)19)11-15-7-9-16(24)10-8-15/h3-10,12H,11H2,1-2H3,(H,25,26,28). The fourth-order valence-corrected chi connectivity index (χ4v) is 5.03. The van der Waals surface area contributed by atoms with Crippen molar-refractivity contribution in [3.05, 3.63) is 85.6 Å². The van der Waals surface area contributed by atoms with Gasteiger partial charge in [-0.2, -0.15) is 0 Å². The van der Waals surface area contributed by atoms with Gasteiger partial charge in [-0.15, -0.1) is 11.3 Å². The molecule has 4 nitrogen and oxygen atoms in total. The van der Waals surface area contributed by atoms with Gasteiger partial charge in [0.15, 0.2) is 0 Å². The van der Waals surface area contributed by atoms with E-state index in [1.54, 1.807) is 11.3 Å². The minimum absolute atomic E-state index is 0.0726. The number of para-hydroxylation sites is 1. The zero-order chi connectivity index (χ0) is 20.1. The highest BCUT2D eigenvalue weighted by atomic mass is 79.9. The maximum absolute atomic E-state index is 12.8. The Morgan fingerprint density at radius 2 is 1.86 bits per heavy atom. The van der Waals surface area contributed by atoms with Crippen LogP contribution in [0.1, 0.15) is 16.0 Å². The molecular weight excluding hydrogens is 446 g/mol. The number of aryl methyl sites for hydroxylation is 2. The molecule has 0 radical (unpaired) electrons. The first-order chi connectivity index (χ1) is 14.0. The average Bonchev–Trinajstić information content (AvgIpc) is 3.21. The van der Waals surface area contributed by atoms with Gasteiger partial charge in [-0.3, -0.25) is 4.79 Å². The molecule has 0 aliphatic heterocycles. The van der Waals surface area contributed by atoms with Crippen LogP contribution < -0.4 is 5.56 Å². The lowest BCUT2D eigenvalue weighted by Crippen LogP contribution is -2.09. The highest BCUT2D eigenvalue weighted by Gasteiger charge is 2.16. The summed E-state index contributed by atoms with van der Waals surface area (Å²) in [6.45, 7) is 4.76. The number of nitrogens with one attached hydrogen (secondary N) is 1. The summed E-state index contributed by atoms with van der Waals surface area (Å²) in [6, 6.07) is 16.6. The van der Waals surface area contributed by atoms with Gasteiger partial charge in [0, 0.05) is 38.6 Å². The Labute approximate surface area is 180 Å². The summed E-state index contributed by atoms with van der Waals surface area (Å²) in [5, 5.41) is 1.78. The zero-order valence-corrected chi connectivity index (χ0v) is 18.4. The van der Waals surface area contributed by atoms with Crippen LogP contribution in [-0.4, -0.2) is 14.5 Å². The molecular formula is C23H18BrN3OS. The fraction of sp³-hybridized carbons (Fsp3) is 0.130. The van der Waals surface area contributed by atoms with Crippen molar-refractivity contribution in [2.45, 2.75) is 20.4 Å². The van der Waals surface area contributed by atoms with Crippen molar-refractivity contribution in [1.82, 2.24) is 14.5 Å². The number of aromatic nitrogens is 3. The number of hydrogen-bond donors (Lipinski definition) is 1. The van der Waals surface area contributed by atoms with Crippen molar-refractivity contribution in [2.75, 3.05) is 0 Å². The molecule has 0 aliphatic rings. The summed E-state index contributed by atoms with van der Waals surface area (Å²) >= 11 is 5.07. The highest BCUT2D eigenvalue weighted by Crippen LogP contribution is 2.32. The third-order valence-corrected chi connectivity index (χ3v) is 6.98. The number of fused-ring (bicyclic) bond motifs is 2. The molecule has 0 spiro atoms. The topological polar surface area (TPSA) is 50.7 Å². The van der Waals surface area contributed by atoms with Gasteiger partial charge >= 0.3 is 0 Å². The molecule has 5 aromatic rings. The van der Waals surface area contributed by atoms with Crippen LogP contribution in [0.3, 0.4) is 0 Å². The lowest BCUT2D eigenvalue weighted by molar-refractivity contribution is 0.837. The quantitative estimate of drug-likeness (QED) is 0.354. The normalized spacial score (nSPS) is 11.6. The first-order valence-corrected chi connectivity index (χ1v) is 10.9. The third kappa shape index (κ3) is 3.12. The van der Waals surface area contributed by atoms with Gasteiger partial charge < -0.3 is 9.55 Å². The monoisotopic (exact) mass is 463 g/mol. The van der Waals surface area contributed by atoms with Crippen LogP contribution in [0, 0.1) is 13.8 Å². The lowest BCUT2D eigenvalue weighted by Gasteiger charge is -2.05. The molecule has 3 heterocycles. The fourth-order valence-electron chi connectivity index (χ4n) is 3.74. The molecule has 0 fully saturated rings. The number of rotatable bonds is 3. The van der Waals surface area contributed by atoms with Crippen molar-refractivity contribution in [3.8, 4) is 11.4 Å². The number of H-pyrrole nitrogens is 1. The van der Waals surface area contributed by atoms with E-state index in [4.69, 9.17) is 4.98 Å². The van der Waals surface area contributed by atoms with Gasteiger partial charge in [0.1, 0.15) is 10.7 Å². The molecule has 0 unspecified atom stereocenters. The first-order valence-electron chi connectivity index (χ1n) is 9.34. The average molecular weight is 464 g/mol. The molecule has 0 saturated heterocycles. The van der Waals surface area contributed by atoms with Crippen LogP contribution in [-0.2, 0) is 6.54 Å². The summed E-state index contributed by atoms with van der Waals surface area (Å²) in [5.74, 6) is 0.620. The smallest absolute Gasteiger partial charge is 0.260 e. The largest absolute Gasteiger partial charge is 0.342 e. The first kappa shape index (κ1) is 18.3. The van der Waals surface area contributed by atoms with Gasteiger partial charge in [-0.05, 0) is 43.2 Å². The SMILES string of the molecule is Cc1sc2nc(-c3cn(Cc4ccc(Br)cc4)c4ccccc34)[nH]c(=O)c2c1C. The summed E-state index contributed by atoms with van der Waals surface area (Å²) in [6.07, 6.45) is 2.09. The van der Waals surface area contributed by atoms with E-state index in [0.717, 1.165) is 42.8 Å². The maximum atomic E-state index is 12.8. The molecule has 144 valence electrons. The van der Waals surface area contributed by atoms with Crippen LogP contribution in [0.25, 0.3) is 32.5 Å². The van der Waals surface area contributed by atoms with Crippen LogP contribution in [0.4, 0.5) is 0 Å². The number of nitrogens with zero attached hydrogens (tertiary/aromatic N) is 2. The minimum Gasteiger partial charge on any atom is -0.342 e. The van der Waals surface area contributed by atoms with Crippen LogP contribution in [0.15, 0.2) is 64.0 Å². The predicted molar refractivity (Wildman–Crippen MR) is 124 cm³/mol. The second-order valence-corrected chi connectivity index (χ2v) is 9.31. The summed E-state index contributed by atoms with van der Waals surface area (Å²) in [4.78, 5) is 22.5. The van der Waals surface area contributed by atoms with Crippen molar-refractivity contribution < 1.29 is 0 Å². The maximum Gasteiger partial charge on any atom is 0.260 e. The Balaban J connectivity index is 1.69. The van der Waals surface area contributed by atoms with Crippen LogP contribution >= 0.6 is 27.3 Å². The molecule has 3 aromatic heterocycles. The van der Waals surface area contributed by atoms with Crippen molar-refractivity contribution in [2.24, 2.45) is 0 Å². The van der Waals surface area contributed by atoms with E-state index in [0.29, 0.717) is 11.2 Å². The molecule has 5 rings (SSSR count). The molecule has 2 aromatic carbocycles. The summed E-state index contributed by atoms with van der Waals surface area (Å²) in [5.41, 5.74) is 4.22. The van der Waals surface area contributed by atoms with Crippen LogP contribution in [0.5, 0.6) is 0 Å². The van der Waals surface area contributed by atoms with Gasteiger partial charge in [0.2, 0.25) is 0 Å². The second-order valence-electron chi connectivity index (χ2n) is 7.19. The van der Waals surface area contributed by atoms with Crippen molar-refractivity contribution >= 4 is 48.4 Å². The number of hydrogen-bond acceptors (Lipinski definition) is 3. The summed E-state index contributed by atoms with van der Waals surface area (Å²) in [7, 11) is 0. The Morgan fingerprint density at radius 1 is 1.10 bits per heavy atom. The molecule has 29 heavy (non-hydrogen) atoms. The van der Waals surface area contributed by atoms with E-state index in [1.807, 2.05) is 26.0 Å². The van der Waals surface area contributed by atoms with E-state index in [-0.39, 0.29) is 5.56 Å². The Hall–Kier alpha value is -2.70. The van der Waals surface area contributed by atoms with Crippen molar-refractivity contribution in [1.29, 1.82) is 0 Å². The van der Waals surface area contributed by atoms with E-state index in [2.05, 4.69) is 68.1 Å². The molecule has 0 atom stereocenters. The number of thiophene rings is 1. The Bertz CT molecular complexity index is 1430. The Morgan fingerprint density at radius 3 is 2.66 bits per heavy atom. The van der Waals surface area contributed by atoms with E-state index < -0.39 is 0 Å². The van der Waals surface area contributed by atoms with Gasteiger partial charge in [0.25, 0.3) is 5.56 Å². The Kier molecular flexibility index (Phi) is 4.41. The van der Waals surface area contributed by atoms with E-state index in [1.165, 1.54) is 5.56 Å². The van der Waals surface area contributed by atoms with E-state index in [9.17, 15) is 4.79 Å². The molecule has 1 N–H and O–H groups in total. The zero-order valence-electron chi connectivity index (χ0n) is 16.0. The third-order valence-electron chi connectivity index (χ3n) is 5.35. The number of benzene rings is 2. The van der Waals surface area contributed by atoms with Crippen LogP contribution in [0.2, 0.25) is 0 Å². The van der Waals surface area contributed by atoms with Gasteiger partial charge in [0.05, 0.1) is 5.39 Å². The number of aromatic amines is 1. The predicted octanol–water partition coefficient (Wildman–Crippen LogP) is 6.03. The highest BCUT2D eigenvalue weighted by molar-refractivity contribution is 9.10. The minimum atomic E-state index is -0.0726. The molecule has 0 aliphatic carbocycles. The summed E-state index contributed by atoms with van der Waals surface area (Å²) < 4.78 is 3.28.